The highest BCUT2D eigenvalue weighted by Gasteiger charge is 2.23. The van der Waals surface area contributed by atoms with Crippen molar-refractivity contribution >= 4 is 11.7 Å². The van der Waals surface area contributed by atoms with E-state index in [2.05, 4.69) is 38.6 Å². The summed E-state index contributed by atoms with van der Waals surface area (Å²) in [6.45, 7) is 6.30. The third kappa shape index (κ3) is 5.51. The van der Waals surface area contributed by atoms with E-state index in [1.165, 1.54) is 49.2 Å². The van der Waals surface area contributed by atoms with E-state index in [9.17, 15) is 9.18 Å². The van der Waals surface area contributed by atoms with Gasteiger partial charge in [0.05, 0.1) is 0 Å². The fourth-order valence-electron chi connectivity index (χ4n) is 4.43. The van der Waals surface area contributed by atoms with Crippen molar-refractivity contribution in [2.24, 2.45) is 5.92 Å². The fourth-order valence-corrected chi connectivity index (χ4v) is 4.43. The minimum absolute atomic E-state index is 0.119. The molecule has 0 aliphatic carbocycles. The average molecular weight is 411 g/mol. The number of nitrogens with one attached hydrogen (secondary N) is 2. The summed E-state index contributed by atoms with van der Waals surface area (Å²) in [5, 5.41) is 6.03. The number of hydrogen-bond donors (Lipinski definition) is 2. The molecular formula is C24H31FN4O. The predicted molar refractivity (Wildman–Crippen MR) is 118 cm³/mol. The van der Waals surface area contributed by atoms with E-state index < -0.39 is 0 Å². The molecule has 160 valence electrons. The molecule has 2 aliphatic heterocycles. The van der Waals surface area contributed by atoms with E-state index in [4.69, 9.17) is 0 Å². The van der Waals surface area contributed by atoms with Crippen molar-refractivity contribution in [1.82, 2.24) is 15.5 Å². The van der Waals surface area contributed by atoms with Crippen molar-refractivity contribution in [3.8, 4) is 0 Å². The molecule has 4 rings (SSSR count). The monoisotopic (exact) mass is 410 g/mol. The Morgan fingerprint density at radius 1 is 0.967 bits per heavy atom. The highest BCUT2D eigenvalue weighted by atomic mass is 19.1. The van der Waals surface area contributed by atoms with Crippen LogP contribution >= 0.6 is 0 Å². The highest BCUT2D eigenvalue weighted by molar-refractivity contribution is 5.73. The summed E-state index contributed by atoms with van der Waals surface area (Å²) in [6, 6.07) is 14.9. The van der Waals surface area contributed by atoms with E-state index in [0.717, 1.165) is 31.7 Å². The van der Waals surface area contributed by atoms with Gasteiger partial charge < -0.3 is 15.5 Å². The number of halogens is 1. The van der Waals surface area contributed by atoms with Gasteiger partial charge in [-0.15, -0.1) is 0 Å². The van der Waals surface area contributed by atoms with Crippen LogP contribution in [0.15, 0.2) is 48.5 Å². The molecule has 2 amide bonds. The second-order valence-electron chi connectivity index (χ2n) is 8.39. The number of likely N-dealkylation sites (tertiary alicyclic amines) is 1. The largest absolute Gasteiger partial charge is 0.371 e. The minimum Gasteiger partial charge on any atom is -0.371 e. The van der Waals surface area contributed by atoms with Crippen molar-refractivity contribution in [2.75, 3.05) is 37.6 Å². The number of hydrogen-bond acceptors (Lipinski definition) is 3. The normalized spacial score (nSPS) is 19.2. The molecule has 0 radical (unpaired) electrons. The van der Waals surface area contributed by atoms with Crippen LogP contribution in [0.25, 0.3) is 0 Å². The van der Waals surface area contributed by atoms with Crippen molar-refractivity contribution < 1.29 is 9.18 Å². The number of carbonyl (C=O) groups excluding carboxylic acids is 1. The van der Waals surface area contributed by atoms with E-state index in [-0.39, 0.29) is 11.8 Å². The number of rotatable bonds is 7. The lowest BCUT2D eigenvalue weighted by Gasteiger charge is -2.19. The van der Waals surface area contributed by atoms with Crippen molar-refractivity contribution in [3.05, 3.63) is 65.5 Å². The molecule has 0 aromatic heterocycles. The summed E-state index contributed by atoms with van der Waals surface area (Å²) in [7, 11) is 0. The van der Waals surface area contributed by atoms with Crippen molar-refractivity contribution in [3.63, 3.8) is 0 Å². The first-order valence-corrected chi connectivity index (χ1v) is 11.0. The quantitative estimate of drug-likeness (QED) is 0.731. The molecule has 5 nitrogen and oxygen atoms in total. The molecule has 2 aromatic rings. The summed E-state index contributed by atoms with van der Waals surface area (Å²) >= 11 is 0. The fraction of sp³-hybridized carbons (Fsp3) is 0.458. The lowest BCUT2D eigenvalue weighted by Crippen LogP contribution is -2.38. The molecule has 6 heteroatoms. The van der Waals surface area contributed by atoms with E-state index in [1.54, 1.807) is 0 Å². The summed E-state index contributed by atoms with van der Waals surface area (Å²) in [4.78, 5) is 17.1. The third-order valence-corrected chi connectivity index (χ3v) is 6.18. The molecule has 30 heavy (non-hydrogen) atoms. The van der Waals surface area contributed by atoms with Gasteiger partial charge in [-0.2, -0.15) is 0 Å². The first kappa shape index (κ1) is 20.7. The summed E-state index contributed by atoms with van der Waals surface area (Å²) in [6.07, 6.45) is 3.58. The van der Waals surface area contributed by atoms with Gasteiger partial charge in [0.2, 0.25) is 0 Å². The second-order valence-corrected chi connectivity index (χ2v) is 8.39. The van der Waals surface area contributed by atoms with Crippen LogP contribution in [0.3, 0.4) is 0 Å². The molecular weight excluding hydrogens is 379 g/mol. The zero-order chi connectivity index (χ0) is 20.8. The topological polar surface area (TPSA) is 47.6 Å². The van der Waals surface area contributed by atoms with Gasteiger partial charge >= 0.3 is 6.03 Å². The summed E-state index contributed by atoms with van der Waals surface area (Å²) < 4.78 is 13.1. The van der Waals surface area contributed by atoms with E-state index in [0.29, 0.717) is 19.0 Å². The van der Waals surface area contributed by atoms with Crippen LogP contribution in [0, 0.1) is 11.7 Å². The Morgan fingerprint density at radius 3 is 2.47 bits per heavy atom. The van der Waals surface area contributed by atoms with Crippen LogP contribution in [0.1, 0.15) is 30.4 Å². The van der Waals surface area contributed by atoms with E-state index in [1.807, 2.05) is 18.2 Å². The maximum absolute atomic E-state index is 13.1. The van der Waals surface area contributed by atoms with Crippen molar-refractivity contribution in [2.45, 2.75) is 32.4 Å². The maximum Gasteiger partial charge on any atom is 0.315 e. The molecule has 2 N–H and O–H groups in total. The van der Waals surface area contributed by atoms with Gasteiger partial charge in [-0.1, -0.05) is 24.3 Å². The van der Waals surface area contributed by atoms with Gasteiger partial charge in [0, 0.05) is 38.4 Å². The SMILES string of the molecule is O=C(NCc1ccccc1CN1CCCC1)NC[C@@H]1CCN(c2ccc(F)cc2)C1. The Balaban J connectivity index is 1.21. The summed E-state index contributed by atoms with van der Waals surface area (Å²) in [5.41, 5.74) is 3.52. The lowest BCUT2D eigenvalue weighted by molar-refractivity contribution is 0.239. The Labute approximate surface area is 178 Å². The van der Waals surface area contributed by atoms with E-state index >= 15 is 0 Å². The van der Waals surface area contributed by atoms with Gasteiger partial charge in [0.25, 0.3) is 0 Å². The van der Waals surface area contributed by atoms with Crippen LogP contribution in [0.5, 0.6) is 0 Å². The molecule has 2 aromatic carbocycles. The number of benzene rings is 2. The molecule has 1 atom stereocenters. The number of urea groups is 1. The predicted octanol–water partition coefficient (Wildman–Crippen LogP) is 3.75. The Hall–Kier alpha value is -2.60. The Bertz CT molecular complexity index is 835. The average Bonchev–Trinajstić information content (AvgIpc) is 3.44. The highest BCUT2D eigenvalue weighted by Crippen LogP contribution is 2.23. The van der Waals surface area contributed by atoms with Crippen LogP contribution < -0.4 is 15.5 Å². The number of anilines is 1. The van der Waals surface area contributed by atoms with Crippen LogP contribution in [-0.4, -0.2) is 43.7 Å². The number of carbonyl (C=O) groups is 1. The van der Waals surface area contributed by atoms with Gasteiger partial charge in [-0.3, -0.25) is 4.90 Å². The molecule has 0 saturated carbocycles. The van der Waals surface area contributed by atoms with Crippen molar-refractivity contribution in [1.29, 1.82) is 0 Å². The molecule has 2 aliphatic rings. The zero-order valence-corrected chi connectivity index (χ0v) is 17.4. The molecule has 2 saturated heterocycles. The number of amides is 2. The van der Waals surface area contributed by atoms with Gasteiger partial charge in [0.15, 0.2) is 0 Å². The molecule has 0 spiro atoms. The first-order chi connectivity index (χ1) is 14.7. The molecule has 0 unspecified atom stereocenters. The van der Waals surface area contributed by atoms with Gasteiger partial charge in [0.1, 0.15) is 5.82 Å². The lowest BCUT2D eigenvalue weighted by atomic mass is 10.1. The van der Waals surface area contributed by atoms with Crippen LogP contribution in [0.2, 0.25) is 0 Å². The van der Waals surface area contributed by atoms with Gasteiger partial charge in [-0.25, -0.2) is 9.18 Å². The minimum atomic E-state index is -0.213. The second kappa shape index (κ2) is 9.94. The third-order valence-electron chi connectivity index (χ3n) is 6.18. The zero-order valence-electron chi connectivity index (χ0n) is 17.4. The smallest absolute Gasteiger partial charge is 0.315 e. The van der Waals surface area contributed by atoms with Gasteiger partial charge in [-0.05, 0) is 73.7 Å². The molecule has 0 bridgehead atoms. The Morgan fingerprint density at radius 2 is 1.70 bits per heavy atom. The number of nitrogens with zero attached hydrogens (tertiary/aromatic N) is 2. The summed E-state index contributed by atoms with van der Waals surface area (Å²) in [5.74, 6) is 0.193. The van der Waals surface area contributed by atoms with Crippen LogP contribution in [0.4, 0.5) is 14.9 Å². The standard InChI is InChI=1S/C24H31FN4O/c25-22-7-9-23(10-8-22)29-14-11-19(17-29)15-26-24(30)27-16-20-5-1-2-6-21(20)18-28-12-3-4-13-28/h1-2,5-10,19H,3-4,11-18H2,(H2,26,27,30)/t19-/m0/s1. The Kier molecular flexibility index (Phi) is 6.84. The maximum atomic E-state index is 13.1. The van der Waals surface area contributed by atoms with Crippen LogP contribution in [-0.2, 0) is 13.1 Å². The molecule has 2 fully saturated rings. The first-order valence-electron chi connectivity index (χ1n) is 11.0. The molecule has 2 heterocycles.